The predicted octanol–water partition coefficient (Wildman–Crippen LogP) is 3.54. The van der Waals surface area contributed by atoms with Crippen LogP contribution in [-0.4, -0.2) is 24.9 Å². The second-order valence-corrected chi connectivity index (χ2v) is 5.87. The van der Waals surface area contributed by atoms with Crippen LogP contribution in [0.15, 0.2) is 61.3 Å². The molecule has 0 saturated carbocycles. The first-order valence-electron chi connectivity index (χ1n) is 8.27. The van der Waals surface area contributed by atoms with Gasteiger partial charge in [-0.2, -0.15) is 5.10 Å². The van der Waals surface area contributed by atoms with E-state index in [1.165, 1.54) is 10.9 Å². The van der Waals surface area contributed by atoms with Gasteiger partial charge in [-0.05, 0) is 29.0 Å². The summed E-state index contributed by atoms with van der Waals surface area (Å²) in [4.78, 5) is 8.79. The number of pyridine rings is 2. The van der Waals surface area contributed by atoms with Crippen LogP contribution in [0.2, 0.25) is 0 Å². The minimum absolute atomic E-state index is 0.0323. The minimum Gasteiger partial charge on any atom is -0.392 e. The maximum Gasteiger partial charge on any atom is 0.161 e. The Hall–Kier alpha value is -3.05. The molecule has 25 heavy (non-hydrogen) atoms. The maximum atomic E-state index is 9.54. The minimum atomic E-state index is -0.0323. The van der Waals surface area contributed by atoms with Gasteiger partial charge in [-0.1, -0.05) is 31.2 Å². The molecule has 5 nitrogen and oxygen atoms in total. The van der Waals surface area contributed by atoms with Crippen molar-refractivity contribution in [3.8, 4) is 16.9 Å². The van der Waals surface area contributed by atoms with E-state index in [1.54, 1.807) is 23.3 Å². The van der Waals surface area contributed by atoms with Crippen LogP contribution >= 0.6 is 0 Å². The van der Waals surface area contributed by atoms with E-state index < -0.39 is 0 Å². The summed E-state index contributed by atoms with van der Waals surface area (Å²) in [6.45, 7) is 2.10. The lowest BCUT2D eigenvalue weighted by Gasteiger charge is -2.09. The fourth-order valence-electron chi connectivity index (χ4n) is 3.10. The van der Waals surface area contributed by atoms with Crippen molar-refractivity contribution in [2.45, 2.75) is 20.0 Å². The van der Waals surface area contributed by atoms with Gasteiger partial charge in [0.15, 0.2) is 5.82 Å². The van der Waals surface area contributed by atoms with E-state index in [0.29, 0.717) is 0 Å². The van der Waals surface area contributed by atoms with E-state index in [4.69, 9.17) is 0 Å². The largest absolute Gasteiger partial charge is 0.392 e. The number of fused-ring (bicyclic) bond motifs is 1. The molecule has 0 bridgehead atoms. The van der Waals surface area contributed by atoms with Crippen LogP contribution in [0.3, 0.4) is 0 Å². The van der Waals surface area contributed by atoms with Crippen molar-refractivity contribution in [1.29, 1.82) is 0 Å². The van der Waals surface area contributed by atoms with Crippen molar-refractivity contribution in [3.05, 3.63) is 72.4 Å². The third-order valence-electron chi connectivity index (χ3n) is 4.43. The summed E-state index contributed by atoms with van der Waals surface area (Å²) < 4.78 is 1.78. The topological polar surface area (TPSA) is 63.8 Å². The molecule has 0 unspecified atom stereocenters. The molecule has 3 aromatic heterocycles. The lowest BCUT2D eigenvalue weighted by molar-refractivity contribution is 0.282. The Bertz CT molecular complexity index is 1040. The number of nitrogens with zero attached hydrogens (tertiary/aromatic N) is 4. The SMILES string of the molecule is CCc1cnc(-n2cc(-c3cnccc3CO)cn2)c2ccccc12. The number of rotatable bonds is 4. The molecule has 0 fully saturated rings. The predicted molar refractivity (Wildman–Crippen MR) is 97.4 cm³/mol. The van der Waals surface area contributed by atoms with Crippen molar-refractivity contribution in [3.63, 3.8) is 0 Å². The summed E-state index contributed by atoms with van der Waals surface area (Å²) in [5.74, 6) is 0.800. The molecule has 124 valence electrons. The number of hydrogen-bond acceptors (Lipinski definition) is 4. The molecule has 3 heterocycles. The van der Waals surface area contributed by atoms with E-state index >= 15 is 0 Å². The summed E-state index contributed by atoms with van der Waals surface area (Å²) in [5, 5.41) is 16.3. The van der Waals surface area contributed by atoms with Gasteiger partial charge >= 0.3 is 0 Å². The Kier molecular flexibility index (Phi) is 3.99. The highest BCUT2D eigenvalue weighted by molar-refractivity contribution is 5.91. The van der Waals surface area contributed by atoms with Crippen LogP contribution in [0.4, 0.5) is 0 Å². The second-order valence-electron chi connectivity index (χ2n) is 5.87. The summed E-state index contributed by atoms with van der Waals surface area (Å²) in [6.07, 6.45) is 9.99. The number of aryl methyl sites for hydroxylation is 1. The quantitative estimate of drug-likeness (QED) is 0.622. The Morgan fingerprint density at radius 1 is 1.00 bits per heavy atom. The lowest BCUT2D eigenvalue weighted by Crippen LogP contribution is -2.00. The van der Waals surface area contributed by atoms with Gasteiger partial charge in [-0.3, -0.25) is 4.98 Å². The molecule has 1 aromatic carbocycles. The van der Waals surface area contributed by atoms with E-state index in [9.17, 15) is 5.11 Å². The third kappa shape index (κ3) is 2.68. The molecule has 0 aliphatic carbocycles. The van der Waals surface area contributed by atoms with Crippen LogP contribution in [0.1, 0.15) is 18.1 Å². The molecule has 0 spiro atoms. The number of aromatic nitrogens is 4. The first kappa shape index (κ1) is 15.5. The normalized spacial score (nSPS) is 11.1. The summed E-state index contributed by atoms with van der Waals surface area (Å²) in [7, 11) is 0. The summed E-state index contributed by atoms with van der Waals surface area (Å²) >= 11 is 0. The fourth-order valence-corrected chi connectivity index (χ4v) is 3.10. The standard InChI is InChI=1S/C20H18N4O/c1-2-14-9-22-20(18-6-4-3-5-17(14)18)24-12-16(10-23-24)19-11-21-8-7-15(19)13-25/h3-12,25H,2,13H2,1H3. The van der Waals surface area contributed by atoms with Gasteiger partial charge in [-0.15, -0.1) is 0 Å². The first-order chi connectivity index (χ1) is 12.3. The Balaban J connectivity index is 1.85. The van der Waals surface area contributed by atoms with Crippen molar-refractivity contribution < 1.29 is 5.11 Å². The molecule has 0 amide bonds. The van der Waals surface area contributed by atoms with Crippen LogP contribution in [0, 0.1) is 0 Å². The Labute approximate surface area is 145 Å². The highest BCUT2D eigenvalue weighted by Crippen LogP contribution is 2.27. The zero-order chi connectivity index (χ0) is 17.2. The number of benzene rings is 1. The fraction of sp³-hybridized carbons (Fsp3) is 0.150. The molecule has 0 atom stereocenters. The molecule has 0 aliphatic heterocycles. The number of aliphatic hydroxyl groups is 1. The van der Waals surface area contributed by atoms with E-state index in [1.807, 2.05) is 30.6 Å². The first-order valence-corrected chi connectivity index (χ1v) is 8.27. The van der Waals surface area contributed by atoms with Crippen LogP contribution in [-0.2, 0) is 13.0 Å². The number of hydrogen-bond donors (Lipinski definition) is 1. The van der Waals surface area contributed by atoms with Gasteiger partial charge in [0.25, 0.3) is 0 Å². The van der Waals surface area contributed by atoms with Gasteiger partial charge in [0.1, 0.15) is 0 Å². The Morgan fingerprint density at radius 3 is 2.64 bits per heavy atom. The van der Waals surface area contributed by atoms with Gasteiger partial charge in [-0.25, -0.2) is 9.67 Å². The average Bonchev–Trinajstić information content (AvgIpc) is 3.16. The monoisotopic (exact) mass is 330 g/mol. The van der Waals surface area contributed by atoms with E-state index in [2.05, 4.69) is 34.1 Å². The zero-order valence-corrected chi connectivity index (χ0v) is 13.9. The van der Waals surface area contributed by atoms with Crippen molar-refractivity contribution in [2.75, 3.05) is 0 Å². The molecule has 0 aliphatic rings. The molecule has 1 N–H and O–H groups in total. The van der Waals surface area contributed by atoms with Crippen molar-refractivity contribution in [1.82, 2.24) is 19.7 Å². The number of aliphatic hydroxyl groups excluding tert-OH is 1. The lowest BCUT2D eigenvalue weighted by atomic mass is 10.1. The van der Waals surface area contributed by atoms with Crippen molar-refractivity contribution >= 4 is 10.8 Å². The molecule has 5 heteroatoms. The smallest absolute Gasteiger partial charge is 0.161 e. The molecule has 0 saturated heterocycles. The molecule has 4 rings (SSSR count). The summed E-state index contributed by atoms with van der Waals surface area (Å²) in [6, 6.07) is 10.1. The molecule has 4 aromatic rings. The third-order valence-corrected chi connectivity index (χ3v) is 4.43. The van der Waals surface area contributed by atoms with E-state index in [0.717, 1.165) is 34.3 Å². The van der Waals surface area contributed by atoms with Gasteiger partial charge in [0, 0.05) is 41.3 Å². The van der Waals surface area contributed by atoms with Gasteiger partial charge in [0.05, 0.1) is 12.8 Å². The molecular formula is C20H18N4O. The highest BCUT2D eigenvalue weighted by atomic mass is 16.3. The summed E-state index contributed by atoms with van der Waals surface area (Å²) in [5.41, 5.74) is 3.84. The maximum absolute atomic E-state index is 9.54. The molecule has 0 radical (unpaired) electrons. The van der Waals surface area contributed by atoms with Crippen LogP contribution in [0.25, 0.3) is 27.7 Å². The van der Waals surface area contributed by atoms with Crippen molar-refractivity contribution in [2.24, 2.45) is 0 Å². The second kappa shape index (κ2) is 6.45. The van der Waals surface area contributed by atoms with E-state index in [-0.39, 0.29) is 6.61 Å². The zero-order valence-electron chi connectivity index (χ0n) is 13.9. The average molecular weight is 330 g/mol. The van der Waals surface area contributed by atoms with Gasteiger partial charge in [0.2, 0.25) is 0 Å². The van der Waals surface area contributed by atoms with Crippen LogP contribution in [0.5, 0.6) is 0 Å². The highest BCUT2D eigenvalue weighted by Gasteiger charge is 2.12. The van der Waals surface area contributed by atoms with Crippen LogP contribution < -0.4 is 0 Å². The Morgan fingerprint density at radius 2 is 1.84 bits per heavy atom. The van der Waals surface area contributed by atoms with Gasteiger partial charge < -0.3 is 5.11 Å². The molecular weight excluding hydrogens is 312 g/mol.